The average molecular weight is 587 g/mol. The Kier molecular flexibility index (Phi) is 7.07. The monoisotopic (exact) mass is 586 g/mol. The number of anilines is 1. The quantitative estimate of drug-likeness (QED) is 0.275. The lowest BCUT2D eigenvalue weighted by Crippen LogP contribution is -2.57. The summed E-state index contributed by atoms with van der Waals surface area (Å²) in [4.78, 5) is 56.0. The number of fused-ring (bicyclic) bond motifs is 3. The number of benzene rings is 3. The van der Waals surface area contributed by atoms with E-state index in [1.807, 2.05) is 30.3 Å². The van der Waals surface area contributed by atoms with Gasteiger partial charge in [-0.05, 0) is 54.8 Å². The summed E-state index contributed by atoms with van der Waals surface area (Å²) in [5.74, 6) is -1.10. The van der Waals surface area contributed by atoms with Crippen LogP contribution in [-0.2, 0) is 21.6 Å². The second-order valence-electron chi connectivity index (χ2n) is 10.6. The van der Waals surface area contributed by atoms with E-state index in [0.717, 1.165) is 11.6 Å². The zero-order valence-electron chi connectivity index (χ0n) is 22.4. The van der Waals surface area contributed by atoms with Gasteiger partial charge in [0.1, 0.15) is 11.8 Å². The predicted octanol–water partition coefficient (Wildman–Crippen LogP) is 4.31. The van der Waals surface area contributed by atoms with Gasteiger partial charge in [0, 0.05) is 40.6 Å². The van der Waals surface area contributed by atoms with Crippen molar-refractivity contribution in [2.24, 2.45) is 0 Å². The number of halogens is 1. The first-order valence-corrected chi connectivity index (χ1v) is 13.9. The van der Waals surface area contributed by atoms with E-state index in [1.54, 1.807) is 23.1 Å². The summed E-state index contributed by atoms with van der Waals surface area (Å²) < 4.78 is 5.85. The number of nitrogens with one attached hydrogen (secondary N) is 3. The number of hydrogen-bond acceptors (Lipinski definition) is 6. The van der Waals surface area contributed by atoms with Crippen LogP contribution in [0.2, 0.25) is 5.02 Å². The van der Waals surface area contributed by atoms with Crippen LogP contribution in [0, 0.1) is 0 Å². The topological polar surface area (TPSA) is 141 Å². The molecule has 0 radical (unpaired) electrons. The van der Waals surface area contributed by atoms with Crippen LogP contribution in [0.1, 0.15) is 34.3 Å². The zero-order chi connectivity index (χ0) is 29.4. The molecule has 0 aliphatic carbocycles. The number of rotatable bonds is 5. The summed E-state index contributed by atoms with van der Waals surface area (Å²) in [7, 11) is 0. The van der Waals surface area contributed by atoms with Crippen LogP contribution in [0.4, 0.5) is 10.5 Å². The molecule has 11 heteroatoms. The van der Waals surface area contributed by atoms with Crippen molar-refractivity contribution in [1.82, 2.24) is 15.2 Å². The molecule has 42 heavy (non-hydrogen) atoms. The fourth-order valence-corrected chi connectivity index (χ4v) is 5.94. The van der Waals surface area contributed by atoms with Crippen molar-refractivity contribution in [3.63, 3.8) is 0 Å². The van der Waals surface area contributed by atoms with Crippen molar-refractivity contribution < 1.29 is 24.2 Å². The van der Waals surface area contributed by atoms with Crippen molar-refractivity contribution in [2.75, 3.05) is 18.4 Å². The Morgan fingerprint density at radius 3 is 2.69 bits per heavy atom. The first-order chi connectivity index (χ1) is 20.2. The van der Waals surface area contributed by atoms with Gasteiger partial charge >= 0.3 is 6.09 Å². The maximum Gasteiger partial charge on any atom is 0.412 e. The molecule has 3 amide bonds. The van der Waals surface area contributed by atoms with Crippen molar-refractivity contribution in [2.45, 2.75) is 30.9 Å². The molecule has 2 aliphatic rings. The fraction of sp³-hybridized carbons (Fsp3) is 0.226. The second-order valence-corrected chi connectivity index (χ2v) is 11.0. The van der Waals surface area contributed by atoms with Crippen LogP contribution in [0.3, 0.4) is 0 Å². The molecule has 0 bridgehead atoms. The van der Waals surface area contributed by atoms with Gasteiger partial charge in [0.05, 0.1) is 17.7 Å². The Bertz CT molecular complexity index is 1770. The van der Waals surface area contributed by atoms with Crippen LogP contribution >= 0.6 is 11.6 Å². The highest BCUT2D eigenvalue weighted by Gasteiger charge is 2.47. The summed E-state index contributed by atoms with van der Waals surface area (Å²) in [5.41, 5.74) is 1.18. The molecule has 1 aromatic heterocycles. The van der Waals surface area contributed by atoms with Crippen LogP contribution in [0.25, 0.3) is 10.9 Å². The smallest absolute Gasteiger partial charge is 0.412 e. The number of aromatic nitrogens is 1. The van der Waals surface area contributed by atoms with Crippen molar-refractivity contribution in [3.8, 4) is 5.75 Å². The molecule has 214 valence electrons. The molecule has 4 N–H and O–H groups in total. The van der Waals surface area contributed by atoms with Gasteiger partial charge in [0.2, 0.25) is 5.91 Å². The van der Waals surface area contributed by atoms with Gasteiger partial charge in [0.25, 0.3) is 11.5 Å². The van der Waals surface area contributed by atoms with E-state index in [4.69, 9.17) is 16.3 Å². The molecular formula is C31H27ClN4O6. The number of nitrogens with zero attached hydrogens (tertiary/aromatic N) is 1. The van der Waals surface area contributed by atoms with E-state index >= 15 is 0 Å². The minimum Gasteiger partial charge on any atom is -0.507 e. The Morgan fingerprint density at radius 1 is 1.07 bits per heavy atom. The molecular weight excluding hydrogens is 560 g/mol. The lowest BCUT2D eigenvalue weighted by Gasteiger charge is -2.45. The summed E-state index contributed by atoms with van der Waals surface area (Å²) >= 11 is 6.30. The van der Waals surface area contributed by atoms with Crippen LogP contribution in [0.15, 0.2) is 77.6 Å². The first kappa shape index (κ1) is 27.3. The van der Waals surface area contributed by atoms with Crippen molar-refractivity contribution in [3.05, 3.63) is 105 Å². The summed E-state index contributed by atoms with van der Waals surface area (Å²) in [6.07, 6.45) is 0.703. The van der Waals surface area contributed by atoms with Crippen molar-refractivity contribution in [1.29, 1.82) is 0 Å². The third-order valence-corrected chi connectivity index (χ3v) is 7.97. The number of carbonyl (C=O) groups excluding carboxylic acids is 3. The van der Waals surface area contributed by atoms with Gasteiger partial charge in [-0.3, -0.25) is 19.7 Å². The number of pyridine rings is 1. The zero-order valence-corrected chi connectivity index (χ0v) is 23.1. The van der Waals surface area contributed by atoms with Crippen LogP contribution < -0.4 is 16.2 Å². The standard InChI is InChI=1S/C31H27ClN4O6/c32-20-8-10-24-22(15-20)31(42-30(41)35-24)11-4-12-36(17-31)29(40)25(13-18-5-2-1-3-6-18)34-28(39)19-7-9-23-21(14-19)26(37)16-27(38)33-23/h1-3,5-10,14-16,25H,4,11-13,17H2,(H,34,39)(H,35,41)(H2,33,37,38)/t25-,31-/m0/s1. The maximum absolute atomic E-state index is 14.1. The van der Waals surface area contributed by atoms with Gasteiger partial charge in [-0.15, -0.1) is 0 Å². The van der Waals surface area contributed by atoms with E-state index in [9.17, 15) is 24.3 Å². The lowest BCUT2D eigenvalue weighted by molar-refractivity contribution is -0.141. The molecule has 1 fully saturated rings. The number of hydrogen-bond donors (Lipinski definition) is 4. The Morgan fingerprint density at radius 2 is 1.88 bits per heavy atom. The molecule has 3 aromatic carbocycles. The first-order valence-electron chi connectivity index (χ1n) is 13.5. The van der Waals surface area contributed by atoms with E-state index in [1.165, 1.54) is 18.2 Å². The molecule has 4 aromatic rings. The van der Waals surface area contributed by atoms with Gasteiger partial charge in [-0.1, -0.05) is 41.9 Å². The Labute approximate surface area is 245 Å². The highest BCUT2D eigenvalue weighted by molar-refractivity contribution is 6.30. The molecule has 6 rings (SSSR count). The Balaban J connectivity index is 1.30. The second kappa shape index (κ2) is 10.9. The lowest BCUT2D eigenvalue weighted by atomic mass is 9.83. The summed E-state index contributed by atoms with van der Waals surface area (Å²) in [5, 5.41) is 16.6. The number of ether oxygens (including phenoxy) is 1. The SMILES string of the molecule is O=C1Nc2ccc(Cl)cc2[C@@]2(CCCN(C(=O)[C@H](Cc3ccccc3)NC(=O)c3ccc4[nH]c(=O)cc(O)c4c3)C2)O1. The van der Waals surface area contributed by atoms with Gasteiger partial charge in [-0.2, -0.15) is 0 Å². The highest BCUT2D eigenvalue weighted by atomic mass is 35.5. The molecule has 2 aliphatic heterocycles. The van der Waals surface area contributed by atoms with E-state index in [0.29, 0.717) is 46.6 Å². The summed E-state index contributed by atoms with van der Waals surface area (Å²) in [6, 6.07) is 19.1. The third-order valence-electron chi connectivity index (χ3n) is 7.73. The molecule has 0 saturated carbocycles. The van der Waals surface area contributed by atoms with Crippen molar-refractivity contribution >= 4 is 46.1 Å². The maximum atomic E-state index is 14.1. The highest BCUT2D eigenvalue weighted by Crippen LogP contribution is 2.43. The minimum absolute atomic E-state index is 0.102. The number of likely N-dealkylation sites (tertiary alicyclic amines) is 1. The molecule has 1 saturated heterocycles. The van der Waals surface area contributed by atoms with Crippen LogP contribution in [-0.4, -0.2) is 52.0 Å². The third kappa shape index (κ3) is 5.28. The molecule has 2 atom stereocenters. The van der Waals surface area contributed by atoms with E-state index < -0.39 is 29.2 Å². The van der Waals surface area contributed by atoms with E-state index in [2.05, 4.69) is 15.6 Å². The number of H-pyrrole nitrogens is 1. The molecule has 1 spiro atoms. The largest absolute Gasteiger partial charge is 0.507 e. The van der Waals surface area contributed by atoms with E-state index in [-0.39, 0.29) is 30.2 Å². The number of aromatic hydroxyl groups is 1. The summed E-state index contributed by atoms with van der Waals surface area (Å²) in [6.45, 7) is 0.519. The minimum atomic E-state index is -1.08. The normalized spacial score (nSPS) is 18.6. The molecule has 0 unspecified atom stereocenters. The van der Waals surface area contributed by atoms with Gasteiger partial charge in [-0.25, -0.2) is 4.79 Å². The van der Waals surface area contributed by atoms with Crippen LogP contribution in [0.5, 0.6) is 5.75 Å². The number of piperidine rings is 1. The number of aromatic amines is 1. The number of carbonyl (C=O) groups is 3. The fourth-order valence-electron chi connectivity index (χ4n) is 5.77. The van der Waals surface area contributed by atoms with Gasteiger partial charge < -0.3 is 25.0 Å². The Hall–Kier alpha value is -4.83. The molecule has 3 heterocycles. The molecule has 10 nitrogen and oxygen atoms in total. The predicted molar refractivity (Wildman–Crippen MR) is 157 cm³/mol. The average Bonchev–Trinajstić information content (AvgIpc) is 2.97. The van der Waals surface area contributed by atoms with Gasteiger partial charge in [0.15, 0.2) is 5.60 Å². The number of amides is 3.